The first kappa shape index (κ1) is 19.3. The lowest BCUT2D eigenvalue weighted by molar-refractivity contribution is -0.150. The molecule has 0 bridgehead atoms. The zero-order chi connectivity index (χ0) is 20.8. The number of thiophene rings is 1. The number of ether oxygens (including phenoxy) is 1. The first-order valence-electron chi connectivity index (χ1n) is 9.44. The predicted molar refractivity (Wildman–Crippen MR) is 112 cm³/mol. The van der Waals surface area contributed by atoms with Gasteiger partial charge in [-0.2, -0.15) is 0 Å². The van der Waals surface area contributed by atoms with Crippen molar-refractivity contribution in [1.82, 2.24) is 15.3 Å². The number of nitrogens with two attached hydrogens (primary N) is 1. The zero-order valence-corrected chi connectivity index (χ0v) is 17.4. The largest absolute Gasteiger partial charge is 0.464 e. The van der Waals surface area contributed by atoms with Crippen LogP contribution in [0.1, 0.15) is 39.1 Å². The van der Waals surface area contributed by atoms with Crippen molar-refractivity contribution < 1.29 is 14.3 Å². The molecule has 0 atom stereocenters. The molecule has 7 nitrogen and oxygen atoms in total. The summed E-state index contributed by atoms with van der Waals surface area (Å²) >= 11 is 1.26. The SMILES string of the molecule is CCOC(=O)C1(NC(=O)c2sc3nc(C)nc(N)c3c2C)Cc2ccccc2C1. The van der Waals surface area contributed by atoms with E-state index >= 15 is 0 Å². The number of benzene rings is 1. The van der Waals surface area contributed by atoms with Crippen LogP contribution in [-0.2, 0) is 22.4 Å². The van der Waals surface area contributed by atoms with Crippen molar-refractivity contribution in [1.29, 1.82) is 0 Å². The van der Waals surface area contributed by atoms with E-state index < -0.39 is 11.5 Å². The first-order chi connectivity index (χ1) is 13.8. The molecule has 2 heterocycles. The molecule has 0 fully saturated rings. The van der Waals surface area contributed by atoms with Gasteiger partial charge in [0.15, 0.2) is 0 Å². The summed E-state index contributed by atoms with van der Waals surface area (Å²) < 4.78 is 5.33. The van der Waals surface area contributed by atoms with Gasteiger partial charge in [-0.15, -0.1) is 11.3 Å². The number of esters is 1. The Morgan fingerprint density at radius 1 is 1.21 bits per heavy atom. The van der Waals surface area contributed by atoms with Crippen LogP contribution in [0.3, 0.4) is 0 Å². The number of hydrogen-bond donors (Lipinski definition) is 2. The number of nitrogen functional groups attached to an aromatic ring is 1. The molecule has 1 aromatic carbocycles. The van der Waals surface area contributed by atoms with Gasteiger partial charge in [-0.3, -0.25) is 4.79 Å². The molecule has 1 aliphatic rings. The van der Waals surface area contributed by atoms with Crippen LogP contribution in [0.15, 0.2) is 24.3 Å². The van der Waals surface area contributed by atoms with Gasteiger partial charge >= 0.3 is 5.97 Å². The van der Waals surface area contributed by atoms with Gasteiger partial charge in [-0.1, -0.05) is 24.3 Å². The minimum atomic E-state index is -1.12. The molecule has 1 aliphatic carbocycles. The van der Waals surface area contributed by atoms with E-state index in [-0.39, 0.29) is 12.5 Å². The van der Waals surface area contributed by atoms with Crippen LogP contribution in [0.5, 0.6) is 0 Å². The third kappa shape index (κ3) is 3.23. The molecule has 0 radical (unpaired) electrons. The summed E-state index contributed by atoms with van der Waals surface area (Å²) in [6.45, 7) is 5.59. The van der Waals surface area contributed by atoms with Gasteiger partial charge in [0.2, 0.25) is 0 Å². The van der Waals surface area contributed by atoms with Crippen LogP contribution in [0, 0.1) is 13.8 Å². The van der Waals surface area contributed by atoms with Crippen molar-refractivity contribution in [3.63, 3.8) is 0 Å². The molecular weight excluding hydrogens is 388 g/mol. The number of amides is 1. The van der Waals surface area contributed by atoms with Crippen LogP contribution < -0.4 is 11.1 Å². The smallest absolute Gasteiger partial charge is 0.332 e. The summed E-state index contributed by atoms with van der Waals surface area (Å²) in [5.41, 5.74) is 7.74. The topological polar surface area (TPSA) is 107 Å². The Morgan fingerprint density at radius 2 is 1.86 bits per heavy atom. The first-order valence-corrected chi connectivity index (χ1v) is 10.3. The number of carbonyl (C=O) groups is 2. The lowest BCUT2D eigenvalue weighted by Crippen LogP contribution is -2.56. The maximum atomic E-state index is 13.3. The molecule has 1 amide bonds. The minimum absolute atomic E-state index is 0.250. The molecule has 0 aliphatic heterocycles. The van der Waals surface area contributed by atoms with Crippen LogP contribution in [0.2, 0.25) is 0 Å². The zero-order valence-electron chi connectivity index (χ0n) is 16.5. The van der Waals surface area contributed by atoms with Crippen molar-refractivity contribution in [3.05, 3.63) is 51.7 Å². The summed E-state index contributed by atoms with van der Waals surface area (Å²) in [4.78, 5) is 35.9. The molecule has 0 saturated heterocycles. The molecule has 3 N–H and O–H groups in total. The van der Waals surface area contributed by atoms with Crippen LogP contribution in [0.25, 0.3) is 10.2 Å². The third-order valence-electron chi connectivity index (χ3n) is 5.26. The van der Waals surface area contributed by atoms with Crippen molar-refractivity contribution >= 4 is 39.2 Å². The van der Waals surface area contributed by atoms with E-state index in [0.717, 1.165) is 16.7 Å². The second-order valence-electron chi connectivity index (χ2n) is 7.27. The summed E-state index contributed by atoms with van der Waals surface area (Å²) in [7, 11) is 0. The normalized spacial score (nSPS) is 14.6. The molecule has 3 aromatic rings. The average molecular weight is 410 g/mol. The highest BCUT2D eigenvalue weighted by Gasteiger charge is 2.46. The van der Waals surface area contributed by atoms with E-state index in [2.05, 4.69) is 15.3 Å². The van der Waals surface area contributed by atoms with Crippen LogP contribution in [-0.4, -0.2) is 34.0 Å². The van der Waals surface area contributed by atoms with Gasteiger partial charge in [0.25, 0.3) is 5.91 Å². The summed E-state index contributed by atoms with van der Waals surface area (Å²) in [6.07, 6.45) is 0.803. The van der Waals surface area contributed by atoms with E-state index in [1.807, 2.05) is 31.2 Å². The molecular formula is C21H22N4O3S. The van der Waals surface area contributed by atoms with Gasteiger partial charge in [0, 0.05) is 12.8 Å². The highest BCUT2D eigenvalue weighted by molar-refractivity contribution is 7.20. The lowest BCUT2D eigenvalue weighted by Gasteiger charge is -2.27. The average Bonchev–Trinajstić information content (AvgIpc) is 3.20. The number of nitrogens with zero attached hydrogens (tertiary/aromatic N) is 2. The third-order valence-corrected chi connectivity index (χ3v) is 6.44. The number of aryl methyl sites for hydroxylation is 2. The second kappa shape index (κ2) is 7.11. The van der Waals surface area contributed by atoms with Crippen LogP contribution in [0.4, 0.5) is 5.82 Å². The molecule has 150 valence electrons. The number of nitrogens with one attached hydrogen (secondary N) is 1. The van der Waals surface area contributed by atoms with Crippen LogP contribution >= 0.6 is 11.3 Å². The second-order valence-corrected chi connectivity index (χ2v) is 8.27. The van der Waals surface area contributed by atoms with Crippen molar-refractivity contribution in [2.75, 3.05) is 12.3 Å². The maximum absolute atomic E-state index is 13.3. The Hall–Kier alpha value is -3.00. The highest BCUT2D eigenvalue weighted by Crippen LogP contribution is 2.35. The Balaban J connectivity index is 1.72. The van der Waals surface area contributed by atoms with E-state index in [0.29, 0.717) is 39.6 Å². The molecule has 0 unspecified atom stereocenters. The van der Waals surface area contributed by atoms with Crippen molar-refractivity contribution in [2.24, 2.45) is 0 Å². The van der Waals surface area contributed by atoms with Crippen molar-refractivity contribution in [2.45, 2.75) is 39.2 Å². The van der Waals surface area contributed by atoms with E-state index in [1.165, 1.54) is 11.3 Å². The molecule has 0 saturated carbocycles. The molecule has 4 rings (SSSR count). The predicted octanol–water partition coefficient (Wildman–Crippen LogP) is 2.72. The molecule has 8 heteroatoms. The Kier molecular flexibility index (Phi) is 4.74. The fourth-order valence-electron chi connectivity index (χ4n) is 3.94. The van der Waals surface area contributed by atoms with E-state index in [9.17, 15) is 9.59 Å². The standard InChI is InChI=1S/C21H22N4O3S/c1-4-28-20(27)21(9-13-7-5-6-8-14(13)10-21)25-18(26)16-11(2)15-17(22)23-12(3)24-19(15)29-16/h5-8H,4,9-10H2,1-3H3,(H,25,26)(H2,22,23,24). The quantitative estimate of drug-likeness (QED) is 0.641. The summed E-state index contributed by atoms with van der Waals surface area (Å²) in [6, 6.07) is 7.82. The summed E-state index contributed by atoms with van der Waals surface area (Å²) in [5, 5.41) is 3.67. The number of carbonyl (C=O) groups excluding carboxylic acids is 2. The number of rotatable bonds is 4. The molecule has 0 spiro atoms. The fraction of sp³-hybridized carbons (Fsp3) is 0.333. The minimum Gasteiger partial charge on any atom is -0.464 e. The Bertz CT molecular complexity index is 1110. The maximum Gasteiger partial charge on any atom is 0.332 e. The number of fused-ring (bicyclic) bond motifs is 2. The van der Waals surface area contributed by atoms with Gasteiger partial charge in [0.05, 0.1) is 16.9 Å². The van der Waals surface area contributed by atoms with Gasteiger partial charge in [-0.05, 0) is 37.5 Å². The molecule has 2 aromatic heterocycles. The Morgan fingerprint density at radius 3 is 2.48 bits per heavy atom. The van der Waals surface area contributed by atoms with Gasteiger partial charge in [0.1, 0.15) is 22.0 Å². The van der Waals surface area contributed by atoms with Gasteiger partial charge < -0.3 is 15.8 Å². The Labute approximate surface area is 172 Å². The summed E-state index contributed by atoms with van der Waals surface area (Å²) in [5.74, 6) is 0.160. The molecule has 29 heavy (non-hydrogen) atoms. The van der Waals surface area contributed by atoms with Crippen molar-refractivity contribution in [3.8, 4) is 0 Å². The number of anilines is 1. The fourth-order valence-corrected chi connectivity index (χ4v) is 5.07. The lowest BCUT2D eigenvalue weighted by atomic mass is 9.95. The van der Waals surface area contributed by atoms with E-state index in [1.54, 1.807) is 13.8 Å². The van der Waals surface area contributed by atoms with Gasteiger partial charge in [-0.25, -0.2) is 14.8 Å². The van der Waals surface area contributed by atoms with E-state index in [4.69, 9.17) is 10.5 Å². The highest BCUT2D eigenvalue weighted by atomic mass is 32.1. The monoisotopic (exact) mass is 410 g/mol. The number of hydrogen-bond acceptors (Lipinski definition) is 7. The number of aromatic nitrogens is 2.